The highest BCUT2D eigenvalue weighted by Crippen LogP contribution is 2.30. The maximum absolute atomic E-state index is 3.47. The summed E-state index contributed by atoms with van der Waals surface area (Å²) in [6, 6.07) is 0. The van der Waals surface area contributed by atoms with E-state index in [1.165, 1.54) is 25.7 Å². The van der Waals surface area contributed by atoms with Gasteiger partial charge in [0.25, 0.3) is 0 Å². The number of aryl methyl sites for hydroxylation is 1. The predicted octanol–water partition coefficient (Wildman–Crippen LogP) is 2.74. The minimum atomic E-state index is 1.08. The van der Waals surface area contributed by atoms with E-state index < -0.39 is 0 Å². The molecule has 0 aromatic carbocycles. The molecule has 72 valence electrons. The lowest BCUT2D eigenvalue weighted by molar-refractivity contribution is 0.673. The molecule has 1 aliphatic carbocycles. The molecule has 0 bridgehead atoms. The molecular weight excluding hydrogens is 178 g/mol. The van der Waals surface area contributed by atoms with E-state index in [1.54, 1.807) is 16.0 Å². The van der Waals surface area contributed by atoms with Crippen molar-refractivity contribution in [3.63, 3.8) is 0 Å². The van der Waals surface area contributed by atoms with Crippen LogP contribution in [0.1, 0.15) is 35.8 Å². The topological polar surface area (TPSA) is 12.0 Å². The Labute approximate surface area is 84.2 Å². The summed E-state index contributed by atoms with van der Waals surface area (Å²) >= 11 is 1.96. The molecule has 2 rings (SSSR count). The van der Waals surface area contributed by atoms with Gasteiger partial charge in [0, 0.05) is 11.4 Å². The zero-order valence-electron chi connectivity index (χ0n) is 8.23. The van der Waals surface area contributed by atoms with Crippen LogP contribution >= 0.6 is 11.3 Å². The first-order chi connectivity index (χ1) is 6.42. The summed E-state index contributed by atoms with van der Waals surface area (Å²) in [5.74, 6) is 0. The van der Waals surface area contributed by atoms with Gasteiger partial charge in [-0.2, -0.15) is 0 Å². The van der Waals surface area contributed by atoms with Crippen LogP contribution in [0.4, 0.5) is 0 Å². The fraction of sp³-hybridized carbons (Fsp3) is 0.636. The van der Waals surface area contributed by atoms with E-state index in [1.807, 2.05) is 11.3 Å². The van der Waals surface area contributed by atoms with E-state index >= 15 is 0 Å². The average molecular weight is 195 g/mol. The predicted molar refractivity (Wildman–Crippen MR) is 58.3 cm³/mol. The summed E-state index contributed by atoms with van der Waals surface area (Å²) in [5.41, 5.74) is 3.22. The lowest BCUT2D eigenvalue weighted by Crippen LogP contribution is -2.14. The summed E-state index contributed by atoms with van der Waals surface area (Å²) in [5, 5.41) is 5.81. The van der Waals surface area contributed by atoms with Crippen LogP contribution in [0.5, 0.6) is 0 Å². The van der Waals surface area contributed by atoms with Crippen LogP contribution < -0.4 is 5.32 Å². The van der Waals surface area contributed by atoms with Crippen molar-refractivity contribution in [1.29, 1.82) is 0 Å². The standard InChI is InChI=1S/C11H17NS/c1-2-6-12-7-9-8-13-11-5-3-4-10(9)11/h8,12H,2-7H2,1H3. The summed E-state index contributed by atoms with van der Waals surface area (Å²) in [7, 11) is 0. The van der Waals surface area contributed by atoms with Crippen LogP contribution in [0, 0.1) is 0 Å². The molecule has 0 spiro atoms. The van der Waals surface area contributed by atoms with Crippen LogP contribution in [0.2, 0.25) is 0 Å². The van der Waals surface area contributed by atoms with Crippen molar-refractivity contribution in [2.75, 3.05) is 6.54 Å². The van der Waals surface area contributed by atoms with Gasteiger partial charge in [-0.15, -0.1) is 11.3 Å². The summed E-state index contributed by atoms with van der Waals surface area (Å²) in [6.45, 7) is 4.44. The number of rotatable bonds is 4. The van der Waals surface area contributed by atoms with Crippen molar-refractivity contribution in [1.82, 2.24) is 5.32 Å². The van der Waals surface area contributed by atoms with Gasteiger partial charge in [-0.3, -0.25) is 0 Å². The number of nitrogens with one attached hydrogen (secondary N) is 1. The van der Waals surface area contributed by atoms with Crippen molar-refractivity contribution >= 4 is 11.3 Å². The fourth-order valence-corrected chi connectivity index (χ4v) is 3.10. The van der Waals surface area contributed by atoms with Gasteiger partial charge in [0.1, 0.15) is 0 Å². The Morgan fingerprint density at radius 3 is 3.23 bits per heavy atom. The Morgan fingerprint density at radius 2 is 2.38 bits per heavy atom. The number of fused-ring (bicyclic) bond motifs is 1. The third-order valence-electron chi connectivity index (χ3n) is 2.64. The SMILES string of the molecule is CCCNCc1csc2c1CCC2. The van der Waals surface area contributed by atoms with Crippen molar-refractivity contribution in [2.45, 2.75) is 39.2 Å². The van der Waals surface area contributed by atoms with Gasteiger partial charge in [0.2, 0.25) is 0 Å². The third-order valence-corrected chi connectivity index (χ3v) is 3.78. The number of thiophene rings is 1. The maximum atomic E-state index is 3.47. The van der Waals surface area contributed by atoms with E-state index in [9.17, 15) is 0 Å². The van der Waals surface area contributed by atoms with Gasteiger partial charge in [0.15, 0.2) is 0 Å². The van der Waals surface area contributed by atoms with Gasteiger partial charge < -0.3 is 5.32 Å². The van der Waals surface area contributed by atoms with E-state index in [4.69, 9.17) is 0 Å². The molecule has 0 saturated heterocycles. The first kappa shape index (κ1) is 9.22. The Bertz CT molecular complexity index is 278. The van der Waals surface area contributed by atoms with Crippen LogP contribution in [0.25, 0.3) is 0 Å². The molecule has 2 heteroatoms. The Kier molecular flexibility index (Phi) is 3.01. The quantitative estimate of drug-likeness (QED) is 0.728. The molecule has 0 amide bonds. The molecule has 0 saturated carbocycles. The Balaban J connectivity index is 1.96. The average Bonchev–Trinajstić information content (AvgIpc) is 2.68. The lowest BCUT2D eigenvalue weighted by Gasteiger charge is -2.02. The van der Waals surface area contributed by atoms with Crippen molar-refractivity contribution in [3.05, 3.63) is 21.4 Å². The number of hydrogen-bond acceptors (Lipinski definition) is 2. The molecule has 1 heterocycles. The summed E-state index contributed by atoms with van der Waals surface area (Å²) in [4.78, 5) is 1.65. The zero-order valence-corrected chi connectivity index (χ0v) is 9.04. The lowest BCUT2D eigenvalue weighted by atomic mass is 10.1. The van der Waals surface area contributed by atoms with E-state index in [2.05, 4.69) is 17.6 Å². The molecule has 0 radical (unpaired) electrons. The monoisotopic (exact) mass is 195 g/mol. The van der Waals surface area contributed by atoms with Gasteiger partial charge in [0.05, 0.1) is 0 Å². The number of hydrogen-bond donors (Lipinski definition) is 1. The van der Waals surface area contributed by atoms with Gasteiger partial charge in [-0.1, -0.05) is 6.92 Å². The molecule has 1 aliphatic rings. The molecule has 1 N–H and O–H groups in total. The highest BCUT2D eigenvalue weighted by molar-refractivity contribution is 7.10. The molecule has 13 heavy (non-hydrogen) atoms. The van der Waals surface area contributed by atoms with Crippen LogP contribution in [0.3, 0.4) is 0 Å². The molecule has 0 unspecified atom stereocenters. The van der Waals surface area contributed by atoms with Gasteiger partial charge >= 0.3 is 0 Å². The molecule has 0 aliphatic heterocycles. The molecule has 1 nitrogen and oxygen atoms in total. The minimum absolute atomic E-state index is 1.08. The van der Waals surface area contributed by atoms with Gasteiger partial charge in [-0.25, -0.2) is 0 Å². The van der Waals surface area contributed by atoms with E-state index in [-0.39, 0.29) is 0 Å². The molecule has 1 aromatic rings. The first-order valence-corrected chi connectivity index (χ1v) is 6.08. The van der Waals surface area contributed by atoms with Gasteiger partial charge in [-0.05, 0) is 48.7 Å². The van der Waals surface area contributed by atoms with E-state index in [0.29, 0.717) is 0 Å². The fourth-order valence-electron chi connectivity index (χ4n) is 1.95. The highest BCUT2D eigenvalue weighted by atomic mass is 32.1. The second-order valence-electron chi connectivity index (χ2n) is 3.69. The van der Waals surface area contributed by atoms with Crippen molar-refractivity contribution in [2.24, 2.45) is 0 Å². The maximum Gasteiger partial charge on any atom is 0.0216 e. The molecule has 1 aromatic heterocycles. The summed E-state index contributed by atoms with van der Waals surface area (Å²) < 4.78 is 0. The minimum Gasteiger partial charge on any atom is -0.313 e. The zero-order chi connectivity index (χ0) is 9.10. The second kappa shape index (κ2) is 4.25. The first-order valence-electron chi connectivity index (χ1n) is 5.20. The van der Waals surface area contributed by atoms with Crippen LogP contribution in [-0.2, 0) is 19.4 Å². The molecule has 0 atom stereocenters. The van der Waals surface area contributed by atoms with Crippen molar-refractivity contribution < 1.29 is 0 Å². The normalized spacial score (nSPS) is 14.8. The van der Waals surface area contributed by atoms with Crippen LogP contribution in [-0.4, -0.2) is 6.54 Å². The molecule has 0 fully saturated rings. The third kappa shape index (κ3) is 1.94. The molecular formula is C11H17NS. The summed E-state index contributed by atoms with van der Waals surface area (Å²) in [6.07, 6.45) is 5.25. The Morgan fingerprint density at radius 1 is 1.46 bits per heavy atom. The smallest absolute Gasteiger partial charge is 0.0216 e. The van der Waals surface area contributed by atoms with E-state index in [0.717, 1.165) is 13.1 Å². The highest BCUT2D eigenvalue weighted by Gasteiger charge is 2.16. The Hall–Kier alpha value is -0.340. The second-order valence-corrected chi connectivity index (χ2v) is 4.66. The van der Waals surface area contributed by atoms with Crippen molar-refractivity contribution in [3.8, 4) is 0 Å². The van der Waals surface area contributed by atoms with Crippen LogP contribution in [0.15, 0.2) is 5.38 Å². The largest absolute Gasteiger partial charge is 0.313 e.